The summed E-state index contributed by atoms with van der Waals surface area (Å²) in [7, 11) is 0. The minimum absolute atomic E-state index is 0.0169. The highest BCUT2D eigenvalue weighted by atomic mass is 32.1. The van der Waals surface area contributed by atoms with Crippen LogP contribution in [0.2, 0.25) is 0 Å². The van der Waals surface area contributed by atoms with E-state index in [0.717, 1.165) is 12.8 Å². The van der Waals surface area contributed by atoms with Gasteiger partial charge in [-0.15, -0.1) is 11.3 Å². The number of thiophene rings is 1. The van der Waals surface area contributed by atoms with Crippen LogP contribution in [-0.4, -0.2) is 58.4 Å². The first-order valence-electron chi connectivity index (χ1n) is 7.31. The second-order valence-electron chi connectivity index (χ2n) is 5.39. The summed E-state index contributed by atoms with van der Waals surface area (Å²) in [6.07, 6.45) is 2.11. The third-order valence-electron chi connectivity index (χ3n) is 3.87. The second kappa shape index (κ2) is 7.40. The van der Waals surface area contributed by atoms with E-state index < -0.39 is 5.97 Å². The van der Waals surface area contributed by atoms with E-state index in [-0.39, 0.29) is 24.4 Å². The first-order chi connectivity index (χ1) is 10.5. The Labute approximate surface area is 133 Å². The Morgan fingerprint density at radius 3 is 2.73 bits per heavy atom. The van der Waals surface area contributed by atoms with Gasteiger partial charge in [-0.3, -0.25) is 14.4 Å². The van der Waals surface area contributed by atoms with Gasteiger partial charge in [0.2, 0.25) is 5.91 Å². The highest BCUT2D eigenvalue weighted by molar-refractivity contribution is 7.12. The molecule has 1 saturated heterocycles. The van der Waals surface area contributed by atoms with Crippen LogP contribution in [0.15, 0.2) is 17.5 Å². The van der Waals surface area contributed by atoms with Crippen LogP contribution in [0.1, 0.15) is 35.9 Å². The van der Waals surface area contributed by atoms with Crippen LogP contribution in [0.3, 0.4) is 0 Å². The third-order valence-corrected chi connectivity index (χ3v) is 4.73. The normalized spacial score (nSPS) is 18.6. The lowest BCUT2D eigenvalue weighted by Gasteiger charge is -2.28. The molecule has 1 aliphatic heterocycles. The fourth-order valence-electron chi connectivity index (χ4n) is 2.79. The monoisotopic (exact) mass is 324 g/mol. The van der Waals surface area contributed by atoms with Crippen LogP contribution in [0, 0.1) is 0 Å². The maximum absolute atomic E-state index is 12.4. The van der Waals surface area contributed by atoms with Crippen molar-refractivity contribution in [2.24, 2.45) is 0 Å². The van der Waals surface area contributed by atoms with E-state index in [4.69, 9.17) is 5.11 Å². The Balaban J connectivity index is 2.01. The Morgan fingerprint density at radius 1 is 1.36 bits per heavy atom. The number of carbonyl (C=O) groups is 3. The molecular formula is C15H20N2O4S. The zero-order valence-electron chi connectivity index (χ0n) is 12.5. The largest absolute Gasteiger partial charge is 0.480 e. The lowest BCUT2D eigenvalue weighted by atomic mass is 10.1. The van der Waals surface area contributed by atoms with Crippen LogP contribution in [0.25, 0.3) is 0 Å². The Kier molecular flexibility index (Phi) is 5.54. The van der Waals surface area contributed by atoms with Crippen LogP contribution >= 0.6 is 11.3 Å². The lowest BCUT2D eigenvalue weighted by Crippen LogP contribution is -2.43. The minimum atomic E-state index is -1.01. The smallest absolute Gasteiger partial charge is 0.323 e. The first-order valence-corrected chi connectivity index (χ1v) is 8.18. The maximum Gasteiger partial charge on any atom is 0.323 e. The minimum Gasteiger partial charge on any atom is -0.480 e. The number of nitrogens with zero attached hydrogens (tertiary/aromatic N) is 2. The van der Waals surface area contributed by atoms with Crippen molar-refractivity contribution < 1.29 is 19.5 Å². The van der Waals surface area contributed by atoms with Crippen LogP contribution in [0.4, 0.5) is 0 Å². The molecule has 2 heterocycles. The number of likely N-dealkylation sites (tertiary alicyclic amines) is 1. The van der Waals surface area contributed by atoms with Crippen molar-refractivity contribution >= 4 is 29.1 Å². The average molecular weight is 324 g/mol. The zero-order chi connectivity index (χ0) is 16.1. The summed E-state index contributed by atoms with van der Waals surface area (Å²) in [6.45, 7) is 2.30. The van der Waals surface area contributed by atoms with Gasteiger partial charge in [0.15, 0.2) is 0 Å². The number of carboxylic acids is 1. The standard InChI is InChI=1S/C15H20N2O4S/c1-11(18)17(10-14(19)20)12-4-2-7-16(8-6-12)15(21)13-5-3-9-22-13/h3,5,9,12H,2,4,6-8,10H2,1H3,(H,19,20)/t12-/m1/s1. The summed E-state index contributed by atoms with van der Waals surface area (Å²) in [5.74, 6) is -1.22. The number of hydrogen-bond donors (Lipinski definition) is 1. The van der Waals surface area contributed by atoms with Crippen molar-refractivity contribution in [1.82, 2.24) is 9.80 Å². The van der Waals surface area contributed by atoms with Crippen molar-refractivity contribution in [3.05, 3.63) is 22.4 Å². The number of rotatable bonds is 4. The van der Waals surface area contributed by atoms with Gasteiger partial charge in [-0.25, -0.2) is 0 Å². The molecule has 1 aromatic rings. The molecule has 0 saturated carbocycles. The molecule has 1 aliphatic rings. The summed E-state index contributed by atoms with van der Waals surface area (Å²) < 4.78 is 0. The highest BCUT2D eigenvalue weighted by Gasteiger charge is 2.28. The maximum atomic E-state index is 12.4. The number of aliphatic carboxylic acids is 1. The van der Waals surface area contributed by atoms with Gasteiger partial charge in [-0.1, -0.05) is 6.07 Å². The average Bonchev–Trinajstić information content (AvgIpc) is 2.89. The van der Waals surface area contributed by atoms with Gasteiger partial charge in [0.05, 0.1) is 4.88 Å². The van der Waals surface area contributed by atoms with Crippen LogP contribution in [-0.2, 0) is 9.59 Å². The van der Waals surface area contributed by atoms with Crippen molar-refractivity contribution in [3.8, 4) is 0 Å². The van der Waals surface area contributed by atoms with Crippen molar-refractivity contribution in [3.63, 3.8) is 0 Å². The van der Waals surface area contributed by atoms with Crippen molar-refractivity contribution in [2.75, 3.05) is 19.6 Å². The van der Waals surface area contributed by atoms with Gasteiger partial charge in [-0.05, 0) is 30.7 Å². The molecule has 2 rings (SSSR count). The number of hydrogen-bond acceptors (Lipinski definition) is 4. The molecule has 0 spiro atoms. The predicted octanol–water partition coefficient (Wildman–Crippen LogP) is 1.68. The molecule has 0 radical (unpaired) electrons. The van der Waals surface area contributed by atoms with Crippen LogP contribution < -0.4 is 0 Å². The molecule has 7 heteroatoms. The van der Waals surface area contributed by atoms with E-state index in [1.165, 1.54) is 23.2 Å². The molecule has 22 heavy (non-hydrogen) atoms. The van der Waals surface area contributed by atoms with Gasteiger partial charge in [0, 0.05) is 26.1 Å². The van der Waals surface area contributed by atoms with E-state index in [1.54, 1.807) is 4.90 Å². The molecule has 1 fully saturated rings. The summed E-state index contributed by atoms with van der Waals surface area (Å²) in [6, 6.07) is 3.54. The predicted molar refractivity (Wildman–Crippen MR) is 82.9 cm³/mol. The third kappa shape index (κ3) is 4.07. The van der Waals surface area contributed by atoms with Gasteiger partial charge >= 0.3 is 5.97 Å². The van der Waals surface area contributed by atoms with E-state index >= 15 is 0 Å². The summed E-state index contributed by atoms with van der Waals surface area (Å²) >= 11 is 1.42. The quantitative estimate of drug-likeness (QED) is 0.914. The molecule has 1 atom stereocenters. The van der Waals surface area contributed by atoms with Gasteiger partial charge in [0.1, 0.15) is 6.54 Å². The topological polar surface area (TPSA) is 77.9 Å². The highest BCUT2D eigenvalue weighted by Crippen LogP contribution is 2.20. The molecule has 0 aromatic carbocycles. The summed E-state index contributed by atoms with van der Waals surface area (Å²) in [5.41, 5.74) is 0. The number of carboxylic acid groups (broad SMARTS) is 1. The zero-order valence-corrected chi connectivity index (χ0v) is 13.3. The first kappa shape index (κ1) is 16.5. The molecule has 1 N–H and O–H groups in total. The molecular weight excluding hydrogens is 304 g/mol. The number of amides is 2. The van der Waals surface area contributed by atoms with Gasteiger partial charge in [0.25, 0.3) is 5.91 Å². The molecule has 0 bridgehead atoms. The van der Waals surface area contributed by atoms with E-state index in [2.05, 4.69) is 0 Å². The summed E-state index contributed by atoms with van der Waals surface area (Å²) in [4.78, 5) is 38.9. The van der Waals surface area contributed by atoms with Crippen molar-refractivity contribution in [1.29, 1.82) is 0 Å². The fraction of sp³-hybridized carbons (Fsp3) is 0.533. The molecule has 6 nitrogen and oxygen atoms in total. The molecule has 120 valence electrons. The SMILES string of the molecule is CC(=O)N(CC(=O)O)[C@@H]1CCCN(C(=O)c2cccs2)CC1. The number of carbonyl (C=O) groups excluding carboxylic acids is 2. The van der Waals surface area contributed by atoms with E-state index in [9.17, 15) is 14.4 Å². The lowest BCUT2D eigenvalue weighted by molar-refractivity contribution is -0.145. The van der Waals surface area contributed by atoms with Gasteiger partial charge in [-0.2, -0.15) is 0 Å². The molecule has 0 unspecified atom stereocenters. The molecule has 2 amide bonds. The Morgan fingerprint density at radius 2 is 2.14 bits per heavy atom. The van der Waals surface area contributed by atoms with E-state index in [0.29, 0.717) is 24.4 Å². The Hall–Kier alpha value is -1.89. The fourth-order valence-corrected chi connectivity index (χ4v) is 3.48. The summed E-state index contributed by atoms with van der Waals surface area (Å²) in [5, 5.41) is 10.8. The Bertz CT molecular complexity index is 544. The van der Waals surface area contributed by atoms with Crippen molar-refractivity contribution in [2.45, 2.75) is 32.2 Å². The molecule has 0 aliphatic carbocycles. The van der Waals surface area contributed by atoms with Crippen LogP contribution in [0.5, 0.6) is 0 Å². The second-order valence-corrected chi connectivity index (χ2v) is 6.34. The van der Waals surface area contributed by atoms with Gasteiger partial charge < -0.3 is 14.9 Å². The molecule has 1 aromatic heterocycles. The van der Waals surface area contributed by atoms with E-state index in [1.807, 2.05) is 17.5 Å².